The van der Waals surface area contributed by atoms with Crippen molar-refractivity contribution in [3.05, 3.63) is 28.6 Å². The lowest BCUT2D eigenvalue weighted by Crippen LogP contribution is -2.29. The van der Waals surface area contributed by atoms with Gasteiger partial charge < -0.3 is 9.53 Å². The van der Waals surface area contributed by atoms with Crippen molar-refractivity contribution in [3.8, 4) is 5.75 Å². The Morgan fingerprint density at radius 3 is 3.07 bits per heavy atom. The number of hydrogen-bond donors (Lipinski definition) is 0. The van der Waals surface area contributed by atoms with Crippen LogP contribution in [-0.2, 0) is 4.79 Å². The SMILES string of the molecule is COc1ccc2c(c1)=CC1CC1(C=O)C=2. The highest BCUT2D eigenvalue weighted by Crippen LogP contribution is 2.54. The van der Waals surface area contributed by atoms with E-state index in [9.17, 15) is 4.79 Å². The van der Waals surface area contributed by atoms with Gasteiger partial charge in [0.05, 0.1) is 12.5 Å². The summed E-state index contributed by atoms with van der Waals surface area (Å²) >= 11 is 0. The Morgan fingerprint density at radius 1 is 1.47 bits per heavy atom. The molecule has 3 rings (SSSR count). The quantitative estimate of drug-likeness (QED) is 0.649. The minimum absolute atomic E-state index is 0.179. The zero-order chi connectivity index (χ0) is 10.5. The second kappa shape index (κ2) is 2.72. The van der Waals surface area contributed by atoms with Crippen molar-refractivity contribution >= 4 is 18.4 Å². The van der Waals surface area contributed by atoms with Crippen molar-refractivity contribution in [3.63, 3.8) is 0 Å². The highest BCUT2D eigenvalue weighted by atomic mass is 16.5. The normalized spacial score (nSPS) is 30.3. The standard InChI is InChI=1S/C13H12O2/c1-15-12-3-2-9-6-13(8-14)7-11(13)4-10(9)5-12/h2-6,8,11H,7H2,1H3. The predicted octanol–water partition coefficient (Wildman–Crippen LogP) is 0.475. The fraction of sp³-hybridized carbons (Fsp3) is 0.308. The van der Waals surface area contributed by atoms with E-state index in [-0.39, 0.29) is 5.41 Å². The minimum Gasteiger partial charge on any atom is -0.497 e. The Labute approximate surface area is 87.9 Å². The molecule has 0 aromatic heterocycles. The fourth-order valence-electron chi connectivity index (χ4n) is 2.33. The number of carbonyl (C=O) groups excluding carboxylic acids is 1. The lowest BCUT2D eigenvalue weighted by Gasteiger charge is -2.07. The Hall–Kier alpha value is -1.57. The number of carbonyl (C=O) groups is 1. The van der Waals surface area contributed by atoms with E-state index >= 15 is 0 Å². The Bertz CT molecular complexity index is 544. The van der Waals surface area contributed by atoms with Gasteiger partial charge in [-0.05, 0) is 34.9 Å². The predicted molar refractivity (Wildman–Crippen MR) is 57.8 cm³/mol. The number of rotatable bonds is 2. The summed E-state index contributed by atoms with van der Waals surface area (Å²) in [6.45, 7) is 0. The van der Waals surface area contributed by atoms with Gasteiger partial charge in [0.2, 0.25) is 0 Å². The van der Waals surface area contributed by atoms with Crippen molar-refractivity contribution in [2.45, 2.75) is 6.42 Å². The van der Waals surface area contributed by atoms with Gasteiger partial charge in [0.25, 0.3) is 0 Å². The molecule has 1 fully saturated rings. The molecule has 2 aliphatic rings. The molecule has 0 saturated heterocycles. The smallest absolute Gasteiger partial charge is 0.130 e. The average Bonchev–Trinajstić information content (AvgIpc) is 2.98. The molecule has 2 heteroatoms. The lowest BCUT2D eigenvalue weighted by atomic mass is 9.98. The number of fused-ring (bicyclic) bond motifs is 2. The zero-order valence-electron chi connectivity index (χ0n) is 8.57. The maximum Gasteiger partial charge on any atom is 0.130 e. The molecule has 0 aliphatic heterocycles. The first-order valence-electron chi connectivity index (χ1n) is 5.12. The van der Waals surface area contributed by atoms with Crippen LogP contribution in [0.4, 0.5) is 0 Å². The number of methoxy groups -OCH3 is 1. The monoisotopic (exact) mass is 200 g/mol. The van der Waals surface area contributed by atoms with E-state index in [0.29, 0.717) is 5.92 Å². The van der Waals surface area contributed by atoms with Crippen molar-refractivity contribution < 1.29 is 9.53 Å². The molecule has 15 heavy (non-hydrogen) atoms. The molecule has 2 nitrogen and oxygen atoms in total. The van der Waals surface area contributed by atoms with Crippen LogP contribution in [-0.4, -0.2) is 13.4 Å². The van der Waals surface area contributed by atoms with Crippen molar-refractivity contribution in [2.75, 3.05) is 7.11 Å². The van der Waals surface area contributed by atoms with Crippen LogP contribution in [0.15, 0.2) is 18.2 Å². The van der Waals surface area contributed by atoms with Crippen LogP contribution in [0.5, 0.6) is 5.75 Å². The second-order valence-electron chi connectivity index (χ2n) is 4.35. The minimum atomic E-state index is -0.179. The highest BCUT2D eigenvalue weighted by molar-refractivity contribution is 5.80. The van der Waals surface area contributed by atoms with Gasteiger partial charge in [-0.1, -0.05) is 18.2 Å². The second-order valence-corrected chi connectivity index (χ2v) is 4.35. The zero-order valence-corrected chi connectivity index (χ0v) is 8.57. The third kappa shape index (κ3) is 1.14. The molecule has 0 spiro atoms. The van der Waals surface area contributed by atoms with Gasteiger partial charge in [-0.15, -0.1) is 0 Å². The molecular weight excluding hydrogens is 188 g/mol. The third-order valence-corrected chi connectivity index (χ3v) is 3.42. The van der Waals surface area contributed by atoms with Crippen LogP contribution in [0.25, 0.3) is 12.2 Å². The lowest BCUT2D eigenvalue weighted by molar-refractivity contribution is -0.110. The van der Waals surface area contributed by atoms with Gasteiger partial charge in [-0.2, -0.15) is 0 Å². The van der Waals surface area contributed by atoms with Gasteiger partial charge in [0.15, 0.2) is 0 Å². The van der Waals surface area contributed by atoms with Crippen molar-refractivity contribution in [1.82, 2.24) is 0 Å². The summed E-state index contributed by atoms with van der Waals surface area (Å²) in [5, 5.41) is 2.34. The summed E-state index contributed by atoms with van der Waals surface area (Å²) in [5.74, 6) is 1.28. The van der Waals surface area contributed by atoms with Gasteiger partial charge in [0.1, 0.15) is 12.0 Å². The fourth-order valence-corrected chi connectivity index (χ4v) is 2.33. The molecule has 1 aromatic carbocycles. The van der Waals surface area contributed by atoms with Crippen LogP contribution < -0.4 is 15.2 Å². The Balaban J connectivity index is 2.22. The summed E-state index contributed by atoms with van der Waals surface area (Å²) in [7, 11) is 1.67. The molecule has 2 atom stereocenters. The Kier molecular flexibility index (Phi) is 1.58. The first-order chi connectivity index (χ1) is 7.27. The summed E-state index contributed by atoms with van der Waals surface area (Å²) < 4.78 is 5.18. The summed E-state index contributed by atoms with van der Waals surface area (Å²) in [6, 6.07) is 5.98. The Morgan fingerprint density at radius 2 is 2.33 bits per heavy atom. The molecule has 0 radical (unpaired) electrons. The molecular formula is C13H12O2. The van der Waals surface area contributed by atoms with Crippen LogP contribution in [0.2, 0.25) is 0 Å². The summed E-state index contributed by atoms with van der Waals surface area (Å²) in [4.78, 5) is 11.0. The molecule has 1 saturated carbocycles. The number of hydrogen-bond acceptors (Lipinski definition) is 2. The molecule has 76 valence electrons. The largest absolute Gasteiger partial charge is 0.497 e. The average molecular weight is 200 g/mol. The van der Waals surface area contributed by atoms with E-state index in [2.05, 4.69) is 12.2 Å². The van der Waals surface area contributed by atoms with Gasteiger partial charge >= 0.3 is 0 Å². The number of ether oxygens (including phenoxy) is 1. The number of aldehydes is 1. The topological polar surface area (TPSA) is 26.3 Å². The highest BCUT2D eigenvalue weighted by Gasteiger charge is 2.52. The first kappa shape index (κ1) is 8.72. The van der Waals surface area contributed by atoms with E-state index in [0.717, 1.165) is 23.7 Å². The van der Waals surface area contributed by atoms with Crippen LogP contribution >= 0.6 is 0 Å². The molecule has 0 heterocycles. The van der Waals surface area contributed by atoms with Gasteiger partial charge in [0, 0.05) is 0 Å². The maximum absolute atomic E-state index is 11.0. The van der Waals surface area contributed by atoms with Crippen LogP contribution in [0.3, 0.4) is 0 Å². The van der Waals surface area contributed by atoms with E-state index < -0.39 is 0 Å². The van der Waals surface area contributed by atoms with Crippen LogP contribution in [0, 0.1) is 11.3 Å². The molecule has 2 unspecified atom stereocenters. The van der Waals surface area contributed by atoms with E-state index in [1.807, 2.05) is 18.2 Å². The number of benzene rings is 1. The van der Waals surface area contributed by atoms with E-state index in [1.165, 1.54) is 5.22 Å². The van der Waals surface area contributed by atoms with Crippen LogP contribution in [0.1, 0.15) is 6.42 Å². The maximum atomic E-state index is 11.0. The molecule has 0 N–H and O–H groups in total. The summed E-state index contributed by atoms with van der Waals surface area (Å²) in [5.41, 5.74) is -0.179. The van der Waals surface area contributed by atoms with E-state index in [4.69, 9.17) is 4.74 Å². The van der Waals surface area contributed by atoms with Gasteiger partial charge in [-0.25, -0.2) is 0 Å². The molecule has 0 amide bonds. The molecule has 2 aliphatic carbocycles. The third-order valence-electron chi connectivity index (χ3n) is 3.42. The van der Waals surface area contributed by atoms with Crippen molar-refractivity contribution in [1.29, 1.82) is 0 Å². The first-order valence-corrected chi connectivity index (χ1v) is 5.12. The summed E-state index contributed by atoms with van der Waals surface area (Å²) in [6.07, 6.45) is 6.33. The van der Waals surface area contributed by atoms with Crippen molar-refractivity contribution in [2.24, 2.45) is 11.3 Å². The molecule has 1 aromatic rings. The molecule has 0 bridgehead atoms. The van der Waals surface area contributed by atoms with Gasteiger partial charge in [-0.3, -0.25) is 0 Å². The van der Waals surface area contributed by atoms with E-state index in [1.54, 1.807) is 7.11 Å².